The van der Waals surface area contributed by atoms with Crippen LogP contribution < -0.4 is 0 Å². The minimum atomic E-state index is -0.552. The molecule has 18 heavy (non-hydrogen) atoms. The van der Waals surface area contributed by atoms with Gasteiger partial charge in [-0.2, -0.15) is 0 Å². The van der Waals surface area contributed by atoms with Gasteiger partial charge in [0.15, 0.2) is 11.5 Å². The third kappa shape index (κ3) is 4.10. The highest BCUT2D eigenvalue weighted by molar-refractivity contribution is 7.99. The van der Waals surface area contributed by atoms with Gasteiger partial charge in [-0.25, -0.2) is 9.78 Å². The van der Waals surface area contributed by atoms with E-state index in [0.29, 0.717) is 10.6 Å². The van der Waals surface area contributed by atoms with E-state index in [1.165, 1.54) is 25.4 Å². The quantitative estimate of drug-likeness (QED) is 0.629. The lowest BCUT2D eigenvalue weighted by Crippen LogP contribution is -2.08. The molecule has 1 aromatic rings. The van der Waals surface area contributed by atoms with Crippen LogP contribution in [0.1, 0.15) is 52.9 Å². The number of hydrogen-bond acceptors (Lipinski definition) is 6. The first-order chi connectivity index (χ1) is 8.24. The van der Waals surface area contributed by atoms with Crippen LogP contribution in [0.5, 0.6) is 0 Å². The van der Waals surface area contributed by atoms with Crippen molar-refractivity contribution in [3.8, 4) is 0 Å². The average Bonchev–Trinajstić information content (AvgIpc) is 2.68. The Kier molecular flexibility index (Phi) is 4.92. The number of rotatable bonds is 4. The molecule has 0 radical (unpaired) electrons. The van der Waals surface area contributed by atoms with Crippen molar-refractivity contribution in [3.63, 3.8) is 0 Å². The Morgan fingerprint density at radius 3 is 2.44 bits per heavy atom. The molecule has 0 aliphatic heterocycles. The summed E-state index contributed by atoms with van der Waals surface area (Å²) in [7, 11) is 1.29. The third-order valence-corrected chi connectivity index (χ3v) is 4.62. The van der Waals surface area contributed by atoms with Gasteiger partial charge in [0.1, 0.15) is 9.88 Å². The molecule has 4 nitrogen and oxygen atoms in total. The standard InChI is InChI=1S/C12H17NO3S2/c1-7(14)10-9(11(15)16-5)13-8(18-10)6-17-12(2,3)4/h6H2,1-5H3. The number of esters is 1. The summed E-state index contributed by atoms with van der Waals surface area (Å²) in [4.78, 5) is 27.6. The SMILES string of the molecule is COC(=O)c1nc(CSC(C)(C)C)sc1C(C)=O. The van der Waals surface area contributed by atoms with Crippen molar-refractivity contribution in [3.05, 3.63) is 15.6 Å². The molecule has 1 heterocycles. The van der Waals surface area contributed by atoms with Gasteiger partial charge in [-0.1, -0.05) is 20.8 Å². The molecule has 0 spiro atoms. The molecular weight excluding hydrogens is 270 g/mol. The number of carbonyl (C=O) groups excluding carboxylic acids is 2. The molecule has 100 valence electrons. The van der Waals surface area contributed by atoms with E-state index in [-0.39, 0.29) is 16.2 Å². The Morgan fingerprint density at radius 1 is 1.39 bits per heavy atom. The zero-order valence-corrected chi connectivity index (χ0v) is 12.8. The summed E-state index contributed by atoms with van der Waals surface area (Å²) in [6.45, 7) is 7.76. The molecular formula is C12H17NO3S2. The van der Waals surface area contributed by atoms with Gasteiger partial charge in [0.05, 0.1) is 7.11 Å². The van der Waals surface area contributed by atoms with Crippen LogP contribution in [0.3, 0.4) is 0 Å². The molecule has 0 aromatic carbocycles. The maximum absolute atomic E-state index is 11.5. The molecule has 0 bridgehead atoms. The second kappa shape index (κ2) is 5.84. The number of thiazole rings is 1. The highest BCUT2D eigenvalue weighted by Crippen LogP contribution is 2.30. The van der Waals surface area contributed by atoms with Crippen LogP contribution >= 0.6 is 23.1 Å². The minimum absolute atomic E-state index is 0.119. The molecule has 0 aliphatic carbocycles. The van der Waals surface area contributed by atoms with Crippen molar-refractivity contribution in [2.75, 3.05) is 7.11 Å². The Balaban J connectivity index is 2.96. The molecule has 1 rings (SSSR count). The predicted octanol–water partition coefficient (Wildman–Crippen LogP) is 3.16. The van der Waals surface area contributed by atoms with E-state index in [9.17, 15) is 9.59 Å². The van der Waals surface area contributed by atoms with Crippen LogP contribution in [0, 0.1) is 0 Å². The zero-order valence-electron chi connectivity index (χ0n) is 11.2. The van der Waals surface area contributed by atoms with Crippen molar-refractivity contribution >= 4 is 34.9 Å². The lowest BCUT2D eigenvalue weighted by atomic mass is 10.3. The van der Waals surface area contributed by atoms with Crippen molar-refractivity contribution in [2.24, 2.45) is 0 Å². The van der Waals surface area contributed by atoms with E-state index in [4.69, 9.17) is 0 Å². The van der Waals surface area contributed by atoms with Crippen molar-refractivity contribution in [2.45, 2.75) is 38.2 Å². The molecule has 0 aliphatic rings. The number of thioether (sulfide) groups is 1. The van der Waals surface area contributed by atoms with Gasteiger partial charge in [-0.15, -0.1) is 23.1 Å². The zero-order chi connectivity index (χ0) is 13.9. The first-order valence-corrected chi connectivity index (χ1v) is 7.27. The summed E-state index contributed by atoms with van der Waals surface area (Å²) < 4.78 is 4.75. The number of hydrogen-bond donors (Lipinski definition) is 0. The Labute approximate surface area is 115 Å². The fourth-order valence-corrected chi connectivity index (χ4v) is 2.95. The normalized spacial score (nSPS) is 11.4. The van der Waals surface area contributed by atoms with Crippen LogP contribution in [-0.2, 0) is 10.5 Å². The topological polar surface area (TPSA) is 56.3 Å². The molecule has 0 fully saturated rings. The molecule has 0 amide bonds. The van der Waals surface area contributed by atoms with E-state index in [2.05, 4.69) is 30.5 Å². The summed E-state index contributed by atoms with van der Waals surface area (Å²) in [5.74, 6) is -0.0193. The number of ketones is 1. The highest BCUT2D eigenvalue weighted by Gasteiger charge is 2.22. The Morgan fingerprint density at radius 2 is 2.00 bits per heavy atom. The van der Waals surface area contributed by atoms with Crippen LogP contribution in [-0.4, -0.2) is 28.6 Å². The summed E-state index contributed by atoms with van der Waals surface area (Å²) >= 11 is 2.99. The van der Waals surface area contributed by atoms with Gasteiger partial charge < -0.3 is 4.74 Å². The number of aromatic nitrogens is 1. The number of nitrogens with zero attached hydrogens (tertiary/aromatic N) is 1. The van der Waals surface area contributed by atoms with Crippen LogP contribution in [0.2, 0.25) is 0 Å². The van der Waals surface area contributed by atoms with Gasteiger partial charge in [-0.05, 0) is 0 Å². The van der Waals surface area contributed by atoms with Gasteiger partial charge in [0, 0.05) is 17.4 Å². The van der Waals surface area contributed by atoms with Gasteiger partial charge in [0.2, 0.25) is 0 Å². The van der Waals surface area contributed by atoms with E-state index < -0.39 is 5.97 Å². The molecule has 0 atom stereocenters. The summed E-state index contributed by atoms with van der Waals surface area (Å²) in [6.07, 6.45) is 0. The Hall–Kier alpha value is -0.880. The molecule has 0 saturated carbocycles. The maximum Gasteiger partial charge on any atom is 0.358 e. The van der Waals surface area contributed by atoms with E-state index in [1.54, 1.807) is 11.8 Å². The minimum Gasteiger partial charge on any atom is -0.464 e. The summed E-state index contributed by atoms with van der Waals surface area (Å²) in [6, 6.07) is 0. The fraction of sp³-hybridized carbons (Fsp3) is 0.583. The summed E-state index contributed by atoms with van der Waals surface area (Å²) in [5.41, 5.74) is 0.138. The molecule has 0 saturated heterocycles. The second-order valence-corrected chi connectivity index (χ2v) is 7.62. The first kappa shape index (κ1) is 15.2. The first-order valence-electron chi connectivity index (χ1n) is 5.47. The Bertz CT molecular complexity index is 460. The predicted molar refractivity (Wildman–Crippen MR) is 74.5 cm³/mol. The van der Waals surface area contributed by atoms with Crippen LogP contribution in [0.4, 0.5) is 0 Å². The number of methoxy groups -OCH3 is 1. The fourth-order valence-electron chi connectivity index (χ4n) is 1.18. The van der Waals surface area contributed by atoms with Crippen molar-refractivity contribution < 1.29 is 14.3 Å². The average molecular weight is 287 g/mol. The van der Waals surface area contributed by atoms with E-state index >= 15 is 0 Å². The number of Topliss-reactive ketones (excluding diaryl/α,β-unsaturated/α-hetero) is 1. The lowest BCUT2D eigenvalue weighted by Gasteiger charge is -2.15. The molecule has 6 heteroatoms. The third-order valence-electron chi connectivity index (χ3n) is 2.00. The molecule has 0 unspecified atom stereocenters. The van der Waals surface area contributed by atoms with Crippen LogP contribution in [0.25, 0.3) is 0 Å². The monoisotopic (exact) mass is 287 g/mol. The van der Waals surface area contributed by atoms with Gasteiger partial charge in [-0.3, -0.25) is 4.79 Å². The van der Waals surface area contributed by atoms with Gasteiger partial charge in [0.25, 0.3) is 0 Å². The smallest absolute Gasteiger partial charge is 0.358 e. The molecule has 1 aromatic heterocycles. The molecule has 0 N–H and O–H groups in total. The number of carbonyl (C=O) groups is 2. The second-order valence-electron chi connectivity index (χ2n) is 4.73. The van der Waals surface area contributed by atoms with Crippen molar-refractivity contribution in [1.82, 2.24) is 4.98 Å². The van der Waals surface area contributed by atoms with E-state index in [0.717, 1.165) is 5.01 Å². The van der Waals surface area contributed by atoms with Gasteiger partial charge >= 0.3 is 5.97 Å². The van der Waals surface area contributed by atoms with Crippen molar-refractivity contribution in [1.29, 1.82) is 0 Å². The largest absolute Gasteiger partial charge is 0.464 e. The highest BCUT2D eigenvalue weighted by atomic mass is 32.2. The number of ether oxygens (including phenoxy) is 1. The van der Waals surface area contributed by atoms with E-state index in [1.807, 2.05) is 0 Å². The summed E-state index contributed by atoms with van der Waals surface area (Å²) in [5, 5.41) is 0.778. The lowest BCUT2D eigenvalue weighted by molar-refractivity contribution is 0.0591. The van der Waals surface area contributed by atoms with Crippen LogP contribution in [0.15, 0.2) is 0 Å². The maximum atomic E-state index is 11.5.